The highest BCUT2D eigenvalue weighted by Crippen LogP contribution is 2.21. The fraction of sp³-hybridized carbons (Fsp3) is 1.00. The number of rotatable bonds is 6. The number of unbranched alkanes of at least 4 members (excludes halogenated alkanes) is 1. The molecule has 1 aliphatic rings. The van der Waals surface area contributed by atoms with Crippen LogP contribution in [0.25, 0.3) is 0 Å². The van der Waals surface area contributed by atoms with Crippen LogP contribution in [0.5, 0.6) is 0 Å². The van der Waals surface area contributed by atoms with Crippen molar-refractivity contribution < 1.29 is 0 Å². The zero-order chi connectivity index (χ0) is 11.1. The van der Waals surface area contributed by atoms with Crippen LogP contribution in [-0.2, 0) is 0 Å². The van der Waals surface area contributed by atoms with E-state index < -0.39 is 0 Å². The van der Waals surface area contributed by atoms with Gasteiger partial charge in [0.05, 0.1) is 0 Å². The third-order valence-electron chi connectivity index (χ3n) is 3.43. The van der Waals surface area contributed by atoms with Crippen LogP contribution in [0.1, 0.15) is 32.6 Å². The number of likely N-dealkylation sites (N-methyl/N-ethyl adjacent to an activating group) is 1. The predicted molar refractivity (Wildman–Crippen MR) is 66.0 cm³/mol. The number of nitrogens with zero attached hydrogens (tertiary/aromatic N) is 1. The average Bonchev–Trinajstić information content (AvgIpc) is 2.26. The molecule has 0 aliphatic carbocycles. The molecule has 3 N–H and O–H groups in total. The summed E-state index contributed by atoms with van der Waals surface area (Å²) in [6.45, 7) is 6.56. The molecule has 2 atom stereocenters. The fourth-order valence-electron chi connectivity index (χ4n) is 2.58. The van der Waals surface area contributed by atoms with Gasteiger partial charge in [0.1, 0.15) is 0 Å². The summed E-state index contributed by atoms with van der Waals surface area (Å²) < 4.78 is 0. The molecule has 0 aromatic heterocycles. The normalized spacial score (nSPS) is 28.2. The number of likely N-dealkylation sites (tertiary alicyclic amines) is 1. The summed E-state index contributed by atoms with van der Waals surface area (Å²) >= 11 is 0. The molecule has 15 heavy (non-hydrogen) atoms. The summed E-state index contributed by atoms with van der Waals surface area (Å²) in [6.07, 6.45) is 5.42. The van der Waals surface area contributed by atoms with Crippen molar-refractivity contribution in [2.24, 2.45) is 11.7 Å². The van der Waals surface area contributed by atoms with E-state index in [0.717, 1.165) is 19.0 Å². The van der Waals surface area contributed by atoms with Crippen LogP contribution < -0.4 is 11.1 Å². The molecular formula is C12H27N3. The third kappa shape index (κ3) is 4.49. The average molecular weight is 213 g/mol. The lowest BCUT2D eigenvalue weighted by Gasteiger charge is -2.37. The molecule has 1 saturated heterocycles. The van der Waals surface area contributed by atoms with Gasteiger partial charge in [-0.2, -0.15) is 0 Å². The van der Waals surface area contributed by atoms with E-state index >= 15 is 0 Å². The lowest BCUT2D eigenvalue weighted by atomic mass is 9.90. The minimum atomic E-state index is 0.673. The van der Waals surface area contributed by atoms with Crippen LogP contribution >= 0.6 is 0 Å². The Labute approximate surface area is 94.4 Å². The van der Waals surface area contributed by atoms with Gasteiger partial charge in [-0.25, -0.2) is 0 Å². The van der Waals surface area contributed by atoms with Gasteiger partial charge in [-0.05, 0) is 25.8 Å². The first-order valence-corrected chi connectivity index (χ1v) is 6.39. The van der Waals surface area contributed by atoms with Gasteiger partial charge in [-0.3, -0.25) is 0 Å². The molecular weight excluding hydrogens is 186 g/mol. The molecule has 0 spiro atoms. The number of nitrogens with two attached hydrogens (primary N) is 1. The van der Waals surface area contributed by atoms with Crippen LogP contribution in [0.4, 0.5) is 0 Å². The van der Waals surface area contributed by atoms with Crippen molar-refractivity contribution >= 4 is 0 Å². The molecule has 1 heterocycles. The number of nitrogens with one attached hydrogen (secondary N) is 1. The van der Waals surface area contributed by atoms with Crippen LogP contribution in [0.3, 0.4) is 0 Å². The monoisotopic (exact) mass is 213 g/mol. The highest BCUT2D eigenvalue weighted by atomic mass is 15.2. The van der Waals surface area contributed by atoms with E-state index in [9.17, 15) is 0 Å². The Hall–Kier alpha value is -0.120. The Kier molecular flexibility index (Phi) is 6.22. The summed E-state index contributed by atoms with van der Waals surface area (Å²) in [5.74, 6) is 0.877. The van der Waals surface area contributed by atoms with Gasteiger partial charge in [0.2, 0.25) is 0 Å². The molecule has 0 aromatic rings. The lowest BCUT2D eigenvalue weighted by molar-refractivity contribution is 0.141. The molecule has 90 valence electrons. The van der Waals surface area contributed by atoms with Crippen molar-refractivity contribution in [3.63, 3.8) is 0 Å². The Morgan fingerprint density at radius 3 is 2.80 bits per heavy atom. The molecule has 0 bridgehead atoms. The van der Waals surface area contributed by atoms with E-state index in [1.165, 1.54) is 38.8 Å². The molecule has 1 fully saturated rings. The van der Waals surface area contributed by atoms with E-state index in [2.05, 4.69) is 24.2 Å². The molecule has 0 amide bonds. The zero-order valence-corrected chi connectivity index (χ0v) is 10.3. The summed E-state index contributed by atoms with van der Waals surface area (Å²) in [4.78, 5) is 2.52. The van der Waals surface area contributed by atoms with Crippen LogP contribution in [-0.4, -0.2) is 44.2 Å². The van der Waals surface area contributed by atoms with Crippen molar-refractivity contribution in [1.29, 1.82) is 0 Å². The topological polar surface area (TPSA) is 41.3 Å². The zero-order valence-electron chi connectivity index (χ0n) is 10.3. The SMILES string of the molecule is CCCCC1CC(NC)CN(CCN)C1. The lowest BCUT2D eigenvalue weighted by Crippen LogP contribution is -2.49. The quantitative estimate of drug-likeness (QED) is 0.693. The Bertz CT molecular complexity index is 161. The largest absolute Gasteiger partial charge is 0.329 e. The number of hydrogen-bond acceptors (Lipinski definition) is 3. The summed E-state index contributed by atoms with van der Waals surface area (Å²) in [7, 11) is 2.08. The van der Waals surface area contributed by atoms with Gasteiger partial charge in [0, 0.05) is 32.2 Å². The van der Waals surface area contributed by atoms with E-state index in [4.69, 9.17) is 5.73 Å². The highest BCUT2D eigenvalue weighted by molar-refractivity contribution is 4.82. The van der Waals surface area contributed by atoms with Crippen molar-refractivity contribution in [2.75, 3.05) is 33.2 Å². The standard InChI is InChI=1S/C12H27N3/c1-3-4-5-11-8-12(14-2)10-15(9-11)7-6-13/h11-12,14H,3-10,13H2,1-2H3. The summed E-state index contributed by atoms with van der Waals surface area (Å²) in [6, 6.07) is 0.673. The van der Waals surface area contributed by atoms with Crippen molar-refractivity contribution in [2.45, 2.75) is 38.6 Å². The van der Waals surface area contributed by atoms with E-state index in [-0.39, 0.29) is 0 Å². The van der Waals surface area contributed by atoms with Gasteiger partial charge < -0.3 is 16.0 Å². The van der Waals surface area contributed by atoms with Gasteiger partial charge in [-0.15, -0.1) is 0 Å². The first-order chi connectivity index (χ1) is 7.30. The van der Waals surface area contributed by atoms with E-state index in [0.29, 0.717) is 6.04 Å². The van der Waals surface area contributed by atoms with Crippen molar-refractivity contribution in [3.05, 3.63) is 0 Å². The van der Waals surface area contributed by atoms with Crippen LogP contribution in [0.2, 0.25) is 0 Å². The van der Waals surface area contributed by atoms with Crippen LogP contribution in [0.15, 0.2) is 0 Å². The minimum Gasteiger partial charge on any atom is -0.329 e. The second-order valence-electron chi connectivity index (χ2n) is 4.78. The molecule has 3 heteroatoms. The van der Waals surface area contributed by atoms with Gasteiger partial charge >= 0.3 is 0 Å². The molecule has 1 rings (SSSR count). The molecule has 0 radical (unpaired) electrons. The van der Waals surface area contributed by atoms with Crippen LogP contribution in [0, 0.1) is 5.92 Å². The number of hydrogen-bond donors (Lipinski definition) is 2. The Morgan fingerprint density at radius 2 is 2.20 bits per heavy atom. The predicted octanol–water partition coefficient (Wildman–Crippen LogP) is 1.05. The van der Waals surface area contributed by atoms with Gasteiger partial charge in [0.25, 0.3) is 0 Å². The highest BCUT2D eigenvalue weighted by Gasteiger charge is 2.25. The second-order valence-corrected chi connectivity index (χ2v) is 4.78. The Morgan fingerprint density at radius 1 is 1.40 bits per heavy atom. The first kappa shape index (κ1) is 12.9. The van der Waals surface area contributed by atoms with Gasteiger partial charge in [0.15, 0.2) is 0 Å². The van der Waals surface area contributed by atoms with E-state index in [1.54, 1.807) is 0 Å². The third-order valence-corrected chi connectivity index (χ3v) is 3.43. The fourth-order valence-corrected chi connectivity index (χ4v) is 2.58. The first-order valence-electron chi connectivity index (χ1n) is 6.39. The van der Waals surface area contributed by atoms with Crippen molar-refractivity contribution in [1.82, 2.24) is 10.2 Å². The second kappa shape index (κ2) is 7.20. The Balaban J connectivity index is 2.36. The maximum Gasteiger partial charge on any atom is 0.0195 e. The molecule has 0 aromatic carbocycles. The number of piperidine rings is 1. The summed E-state index contributed by atoms with van der Waals surface area (Å²) in [5, 5.41) is 3.42. The molecule has 1 aliphatic heterocycles. The minimum absolute atomic E-state index is 0.673. The smallest absolute Gasteiger partial charge is 0.0195 e. The summed E-state index contributed by atoms with van der Waals surface area (Å²) in [5.41, 5.74) is 5.63. The van der Waals surface area contributed by atoms with Crippen molar-refractivity contribution in [3.8, 4) is 0 Å². The molecule has 0 saturated carbocycles. The molecule has 2 unspecified atom stereocenters. The molecule has 3 nitrogen and oxygen atoms in total. The maximum atomic E-state index is 5.63. The van der Waals surface area contributed by atoms with Gasteiger partial charge in [-0.1, -0.05) is 19.8 Å². The van der Waals surface area contributed by atoms with E-state index in [1.807, 2.05) is 0 Å². The maximum absolute atomic E-state index is 5.63.